The van der Waals surface area contributed by atoms with Gasteiger partial charge in [-0.25, -0.2) is 18.9 Å². The van der Waals surface area contributed by atoms with E-state index in [9.17, 15) is 35.9 Å². The summed E-state index contributed by atoms with van der Waals surface area (Å²) in [5.74, 6) is -0.617. The van der Waals surface area contributed by atoms with Gasteiger partial charge in [0.2, 0.25) is 0 Å². The lowest BCUT2D eigenvalue weighted by Crippen LogP contribution is -2.40. The Hall–Kier alpha value is -3.96. The number of carbonyl (C=O) groups is 2. The molecular formula is C24H32F6N8O4. The molecule has 0 bridgehead atoms. The van der Waals surface area contributed by atoms with Crippen molar-refractivity contribution in [2.45, 2.75) is 64.8 Å². The fraction of sp³-hybridized carbons (Fsp3) is 0.583. The van der Waals surface area contributed by atoms with Gasteiger partial charge in [-0.3, -0.25) is 4.79 Å². The molecule has 1 unspecified atom stereocenters. The second kappa shape index (κ2) is 14.3. The van der Waals surface area contributed by atoms with Crippen molar-refractivity contribution >= 4 is 17.6 Å². The van der Waals surface area contributed by atoms with E-state index in [-0.39, 0.29) is 18.7 Å². The Bertz CT molecular complexity index is 1320. The molecule has 234 valence electrons. The number of primary amides is 1. The van der Waals surface area contributed by atoms with Crippen molar-refractivity contribution in [2.75, 3.05) is 20.3 Å². The molecule has 3 aromatic rings. The number of hydrogen-bond donors (Lipinski definition) is 3. The highest BCUT2D eigenvalue weighted by molar-refractivity contribution is 5.91. The monoisotopic (exact) mass is 610 g/mol. The quantitative estimate of drug-likeness (QED) is 0.326. The zero-order valence-electron chi connectivity index (χ0n) is 23.3. The number of carbonyl (C=O) groups excluding carboxylic acids is 2. The molecule has 0 aliphatic carbocycles. The molecule has 3 amide bonds. The van der Waals surface area contributed by atoms with Crippen molar-refractivity contribution < 1.29 is 45.3 Å². The normalized spacial score (nSPS) is 15.3. The summed E-state index contributed by atoms with van der Waals surface area (Å²) in [6.07, 6.45) is -3.20. The standard InChI is InChI=1S/C16H22F3N3O.C4H5F3N2O.C4H5N3O2/c1-15(2,16(17,18)19)7-4-5-13-11-22-14(21-13)9-12(10-20-22)6-8-23-3;5-4(6,7)2-1-8-3(10)9-2;1-2-3(4(5)8)7-9-6-2/h9-11H,4-8H2,1-3H3;2H,1H2,(H2,8,9,10);1H3,(H2,5,8). The lowest BCUT2D eigenvalue weighted by molar-refractivity contribution is -0.213. The first-order valence-corrected chi connectivity index (χ1v) is 12.5. The van der Waals surface area contributed by atoms with Crippen LogP contribution >= 0.6 is 0 Å². The summed E-state index contributed by atoms with van der Waals surface area (Å²) >= 11 is 0. The zero-order valence-corrected chi connectivity index (χ0v) is 23.3. The molecule has 1 saturated heterocycles. The Kier molecular flexibility index (Phi) is 11.6. The summed E-state index contributed by atoms with van der Waals surface area (Å²) in [5, 5.41) is 14.6. The van der Waals surface area contributed by atoms with E-state index in [2.05, 4.69) is 25.0 Å². The number of rotatable bonds is 8. The van der Waals surface area contributed by atoms with Crippen LogP contribution in [0.2, 0.25) is 0 Å². The Balaban J connectivity index is 0.000000265. The van der Waals surface area contributed by atoms with Crippen LogP contribution in [0.4, 0.5) is 31.1 Å². The van der Waals surface area contributed by atoms with Crippen LogP contribution in [-0.2, 0) is 17.6 Å². The predicted octanol–water partition coefficient (Wildman–Crippen LogP) is 3.54. The minimum atomic E-state index is -4.33. The largest absolute Gasteiger partial charge is 0.410 e. The third-order valence-electron chi connectivity index (χ3n) is 6.08. The number of alkyl halides is 6. The molecule has 1 atom stereocenters. The van der Waals surface area contributed by atoms with Gasteiger partial charge in [0.15, 0.2) is 11.3 Å². The van der Waals surface area contributed by atoms with Crippen LogP contribution < -0.4 is 16.4 Å². The number of halogens is 6. The number of imidazole rings is 1. The van der Waals surface area contributed by atoms with Crippen LogP contribution in [0.25, 0.3) is 5.65 Å². The van der Waals surface area contributed by atoms with Crippen LogP contribution in [0, 0.1) is 12.3 Å². The summed E-state index contributed by atoms with van der Waals surface area (Å²) in [6, 6.07) is -0.558. The number of urea groups is 1. The fourth-order valence-electron chi connectivity index (χ4n) is 3.40. The molecule has 0 saturated carbocycles. The molecule has 1 fully saturated rings. The van der Waals surface area contributed by atoms with Crippen molar-refractivity contribution in [1.82, 2.24) is 35.5 Å². The number of methoxy groups -OCH3 is 1. The number of fused-ring (bicyclic) bond motifs is 1. The van der Waals surface area contributed by atoms with Crippen molar-refractivity contribution in [2.24, 2.45) is 11.1 Å². The van der Waals surface area contributed by atoms with Gasteiger partial charge in [0.1, 0.15) is 11.7 Å². The smallest absolute Gasteiger partial charge is 0.384 e. The van der Waals surface area contributed by atoms with Crippen molar-refractivity contribution in [3.8, 4) is 0 Å². The molecule has 4 heterocycles. The molecule has 4 rings (SSSR count). The minimum Gasteiger partial charge on any atom is -0.384 e. The van der Waals surface area contributed by atoms with E-state index in [0.29, 0.717) is 30.8 Å². The van der Waals surface area contributed by atoms with Gasteiger partial charge in [-0.15, -0.1) is 0 Å². The Morgan fingerprint density at radius 2 is 1.88 bits per heavy atom. The number of aromatic nitrogens is 5. The van der Waals surface area contributed by atoms with Crippen LogP contribution in [0.5, 0.6) is 0 Å². The van der Waals surface area contributed by atoms with E-state index in [1.807, 2.05) is 11.4 Å². The SMILES string of the molecule is COCCc1cnn2cc(CCCC(C)(C)C(F)(F)F)nc2c1.Cc1nonc1C(N)=O.O=C1NCC(C(F)(F)F)N1. The molecule has 0 radical (unpaired) electrons. The summed E-state index contributed by atoms with van der Waals surface area (Å²) in [7, 11) is 1.64. The Labute approximate surface area is 236 Å². The summed E-state index contributed by atoms with van der Waals surface area (Å²) in [5.41, 5.74) is 6.20. The predicted molar refractivity (Wildman–Crippen MR) is 135 cm³/mol. The first kappa shape index (κ1) is 34.2. The van der Waals surface area contributed by atoms with Crippen LogP contribution in [0.1, 0.15) is 54.1 Å². The zero-order chi connectivity index (χ0) is 31.7. The first-order valence-electron chi connectivity index (χ1n) is 12.5. The number of amides is 3. The van der Waals surface area contributed by atoms with Gasteiger partial charge < -0.3 is 21.1 Å². The van der Waals surface area contributed by atoms with Crippen LogP contribution in [-0.4, -0.2) is 75.5 Å². The molecule has 3 aromatic heterocycles. The molecule has 1 aliphatic rings. The molecule has 0 spiro atoms. The number of aryl methyl sites for hydroxylation is 2. The molecule has 0 aromatic carbocycles. The average molecular weight is 611 g/mol. The third-order valence-corrected chi connectivity index (χ3v) is 6.08. The molecule has 42 heavy (non-hydrogen) atoms. The number of nitrogens with two attached hydrogens (primary N) is 1. The highest BCUT2D eigenvalue weighted by atomic mass is 19.4. The lowest BCUT2D eigenvalue weighted by atomic mass is 9.86. The van der Waals surface area contributed by atoms with Crippen molar-refractivity contribution in [1.29, 1.82) is 0 Å². The maximum Gasteiger partial charge on any atom is 0.410 e. The van der Waals surface area contributed by atoms with Gasteiger partial charge >= 0.3 is 18.4 Å². The Morgan fingerprint density at radius 1 is 1.19 bits per heavy atom. The lowest BCUT2D eigenvalue weighted by Gasteiger charge is -2.27. The van der Waals surface area contributed by atoms with E-state index in [1.165, 1.54) is 13.8 Å². The fourth-order valence-corrected chi connectivity index (χ4v) is 3.40. The van der Waals surface area contributed by atoms with Crippen LogP contribution in [0.15, 0.2) is 23.1 Å². The van der Waals surface area contributed by atoms with Gasteiger partial charge in [-0.05, 0) is 49.4 Å². The van der Waals surface area contributed by atoms with Gasteiger partial charge in [0.25, 0.3) is 5.91 Å². The number of ether oxygens (including phenoxy) is 1. The van der Waals surface area contributed by atoms with Gasteiger partial charge in [-0.1, -0.05) is 19.0 Å². The highest BCUT2D eigenvalue weighted by Gasteiger charge is 2.46. The van der Waals surface area contributed by atoms with Gasteiger partial charge in [0.05, 0.1) is 30.1 Å². The number of nitrogens with zero attached hydrogens (tertiary/aromatic N) is 5. The van der Waals surface area contributed by atoms with Gasteiger partial charge in [0, 0.05) is 13.7 Å². The van der Waals surface area contributed by atoms with Gasteiger partial charge in [-0.2, -0.15) is 31.4 Å². The Morgan fingerprint density at radius 3 is 2.33 bits per heavy atom. The summed E-state index contributed by atoms with van der Waals surface area (Å²) in [4.78, 5) is 25.0. The van der Waals surface area contributed by atoms with Crippen molar-refractivity contribution in [3.63, 3.8) is 0 Å². The van der Waals surface area contributed by atoms with Crippen molar-refractivity contribution in [3.05, 3.63) is 41.1 Å². The molecule has 4 N–H and O–H groups in total. The van der Waals surface area contributed by atoms with E-state index in [0.717, 1.165) is 17.7 Å². The first-order chi connectivity index (χ1) is 19.4. The topological polar surface area (TPSA) is 163 Å². The summed E-state index contributed by atoms with van der Waals surface area (Å²) < 4.78 is 84.4. The van der Waals surface area contributed by atoms with E-state index in [4.69, 9.17) is 10.5 Å². The van der Waals surface area contributed by atoms with E-state index in [1.54, 1.807) is 36.3 Å². The maximum absolute atomic E-state index is 12.8. The molecular weight excluding hydrogens is 578 g/mol. The number of nitrogens with one attached hydrogen (secondary N) is 2. The van der Waals surface area contributed by atoms with Crippen LogP contribution in [0.3, 0.4) is 0 Å². The highest BCUT2D eigenvalue weighted by Crippen LogP contribution is 2.41. The number of hydrogen-bond acceptors (Lipinski definition) is 8. The second-order valence-corrected chi connectivity index (χ2v) is 9.89. The van der Waals surface area contributed by atoms with E-state index >= 15 is 0 Å². The van der Waals surface area contributed by atoms with E-state index < -0.39 is 35.7 Å². The second-order valence-electron chi connectivity index (χ2n) is 9.89. The third kappa shape index (κ3) is 10.1. The average Bonchev–Trinajstić information content (AvgIpc) is 3.61. The summed E-state index contributed by atoms with van der Waals surface area (Å²) in [6.45, 7) is 4.30. The maximum atomic E-state index is 12.8. The molecule has 1 aliphatic heterocycles. The minimum absolute atomic E-state index is 0.0802. The molecule has 18 heteroatoms. The molecule has 12 nitrogen and oxygen atoms in total.